The predicted octanol–water partition coefficient (Wildman–Crippen LogP) is 2.83. The fourth-order valence-corrected chi connectivity index (χ4v) is 3.81. The Morgan fingerprint density at radius 2 is 1.69 bits per heavy atom. The molecule has 2 aromatic carbocycles. The summed E-state index contributed by atoms with van der Waals surface area (Å²) in [5.41, 5.74) is 1.40. The zero-order chi connectivity index (χ0) is 23.3. The van der Waals surface area contributed by atoms with Gasteiger partial charge in [0.1, 0.15) is 11.8 Å². The van der Waals surface area contributed by atoms with Gasteiger partial charge in [-0.05, 0) is 48.4 Å². The normalized spacial score (nSPS) is 15.6. The number of hydrogen-bond donors (Lipinski definition) is 0. The van der Waals surface area contributed by atoms with Crippen LogP contribution in [0, 0.1) is 0 Å². The Hall–Kier alpha value is -3.55. The molecule has 2 aromatic rings. The third-order valence-corrected chi connectivity index (χ3v) is 5.54. The van der Waals surface area contributed by atoms with Crippen molar-refractivity contribution in [3.05, 3.63) is 48.0 Å². The van der Waals surface area contributed by atoms with E-state index in [1.54, 1.807) is 58.6 Å². The van der Waals surface area contributed by atoms with Gasteiger partial charge in [0.15, 0.2) is 11.5 Å². The number of amides is 3. The Bertz CT molecular complexity index is 988. The molecule has 0 radical (unpaired) electrons. The van der Waals surface area contributed by atoms with Gasteiger partial charge in [-0.15, -0.1) is 0 Å². The lowest BCUT2D eigenvalue weighted by molar-refractivity contribution is -0.138. The molecule has 0 aromatic heterocycles. The molecule has 0 bridgehead atoms. The van der Waals surface area contributed by atoms with E-state index in [1.165, 1.54) is 4.90 Å². The smallest absolute Gasteiger partial charge is 0.257 e. The number of anilines is 1. The van der Waals surface area contributed by atoms with Crippen molar-refractivity contribution >= 4 is 23.4 Å². The molecule has 1 unspecified atom stereocenters. The van der Waals surface area contributed by atoms with E-state index in [2.05, 4.69) is 0 Å². The Balaban J connectivity index is 1.79. The van der Waals surface area contributed by atoms with Crippen LogP contribution in [0.25, 0.3) is 0 Å². The van der Waals surface area contributed by atoms with Gasteiger partial charge >= 0.3 is 0 Å². The van der Waals surface area contributed by atoms with Crippen LogP contribution < -0.4 is 19.1 Å². The average molecular weight is 440 g/mol. The van der Waals surface area contributed by atoms with E-state index in [4.69, 9.17) is 14.2 Å². The Kier molecular flexibility index (Phi) is 7.35. The SMILES string of the molecule is CCC(=O)N(CCc1ccc(OC)c(OC)c1)C1CC(=O)N(c2ccc(OC)cc2)C1=O. The summed E-state index contributed by atoms with van der Waals surface area (Å²) in [4.78, 5) is 41.2. The summed E-state index contributed by atoms with van der Waals surface area (Å²) < 4.78 is 15.7. The molecule has 0 spiro atoms. The van der Waals surface area contributed by atoms with Crippen molar-refractivity contribution in [1.29, 1.82) is 0 Å². The van der Waals surface area contributed by atoms with Gasteiger partial charge in [0.25, 0.3) is 5.91 Å². The summed E-state index contributed by atoms with van der Waals surface area (Å²) in [6.45, 7) is 2.05. The van der Waals surface area contributed by atoms with Gasteiger partial charge in [-0.3, -0.25) is 14.4 Å². The number of ether oxygens (including phenoxy) is 3. The highest BCUT2D eigenvalue weighted by molar-refractivity contribution is 6.23. The Morgan fingerprint density at radius 1 is 1.00 bits per heavy atom. The van der Waals surface area contributed by atoms with Crippen molar-refractivity contribution in [2.24, 2.45) is 0 Å². The number of hydrogen-bond acceptors (Lipinski definition) is 6. The number of methoxy groups -OCH3 is 3. The van der Waals surface area contributed by atoms with Crippen LogP contribution in [0.2, 0.25) is 0 Å². The lowest BCUT2D eigenvalue weighted by Crippen LogP contribution is -2.46. The minimum atomic E-state index is -0.822. The van der Waals surface area contributed by atoms with Crippen LogP contribution in [0.5, 0.6) is 17.2 Å². The number of nitrogens with zero attached hydrogens (tertiary/aromatic N) is 2. The minimum Gasteiger partial charge on any atom is -0.497 e. The first-order chi connectivity index (χ1) is 15.4. The third-order valence-electron chi connectivity index (χ3n) is 5.54. The fraction of sp³-hybridized carbons (Fsp3) is 0.375. The number of rotatable bonds is 9. The van der Waals surface area contributed by atoms with Crippen molar-refractivity contribution in [3.63, 3.8) is 0 Å². The first-order valence-corrected chi connectivity index (χ1v) is 10.4. The van der Waals surface area contributed by atoms with Gasteiger partial charge in [-0.2, -0.15) is 0 Å². The van der Waals surface area contributed by atoms with Gasteiger partial charge < -0.3 is 19.1 Å². The van der Waals surface area contributed by atoms with Crippen LogP contribution in [-0.4, -0.2) is 56.5 Å². The fourth-order valence-electron chi connectivity index (χ4n) is 3.81. The second kappa shape index (κ2) is 10.2. The van der Waals surface area contributed by atoms with Gasteiger partial charge in [0, 0.05) is 13.0 Å². The van der Waals surface area contributed by atoms with Crippen molar-refractivity contribution in [2.75, 3.05) is 32.8 Å². The largest absolute Gasteiger partial charge is 0.497 e. The molecule has 0 N–H and O–H groups in total. The molecule has 1 aliphatic rings. The second-order valence-electron chi connectivity index (χ2n) is 7.37. The van der Waals surface area contributed by atoms with Crippen LogP contribution in [0.15, 0.2) is 42.5 Å². The van der Waals surface area contributed by atoms with Crippen molar-refractivity contribution in [3.8, 4) is 17.2 Å². The highest BCUT2D eigenvalue weighted by Crippen LogP contribution is 2.30. The van der Waals surface area contributed by atoms with E-state index in [0.29, 0.717) is 35.9 Å². The molecule has 0 saturated carbocycles. The summed E-state index contributed by atoms with van der Waals surface area (Å²) in [6, 6.07) is 11.4. The standard InChI is InChI=1S/C24H28N2O6/c1-5-22(27)25(13-12-16-6-11-20(31-3)21(14-16)32-4)19-15-23(28)26(24(19)29)17-7-9-18(30-2)10-8-17/h6-11,14,19H,5,12-13,15H2,1-4H3. The third kappa shape index (κ3) is 4.69. The number of imide groups is 1. The molecular weight excluding hydrogens is 412 g/mol. The topological polar surface area (TPSA) is 85.4 Å². The lowest BCUT2D eigenvalue weighted by Gasteiger charge is -2.27. The number of carbonyl (C=O) groups excluding carboxylic acids is 3. The molecule has 1 heterocycles. The number of carbonyl (C=O) groups is 3. The molecule has 170 valence electrons. The molecule has 3 amide bonds. The van der Waals surface area contributed by atoms with E-state index in [1.807, 2.05) is 12.1 Å². The minimum absolute atomic E-state index is 0.0392. The summed E-state index contributed by atoms with van der Waals surface area (Å²) in [5.74, 6) is 0.940. The molecule has 1 saturated heterocycles. The van der Waals surface area contributed by atoms with E-state index < -0.39 is 11.9 Å². The molecule has 32 heavy (non-hydrogen) atoms. The van der Waals surface area contributed by atoms with Crippen LogP contribution in [-0.2, 0) is 20.8 Å². The maximum atomic E-state index is 13.2. The zero-order valence-electron chi connectivity index (χ0n) is 18.8. The molecule has 0 aliphatic carbocycles. The lowest BCUT2D eigenvalue weighted by atomic mass is 10.1. The maximum Gasteiger partial charge on any atom is 0.257 e. The van der Waals surface area contributed by atoms with Gasteiger partial charge in [0.2, 0.25) is 11.8 Å². The van der Waals surface area contributed by atoms with Crippen molar-refractivity contribution in [2.45, 2.75) is 32.2 Å². The maximum absolute atomic E-state index is 13.2. The van der Waals surface area contributed by atoms with E-state index in [0.717, 1.165) is 10.5 Å². The van der Waals surface area contributed by atoms with E-state index in [9.17, 15) is 14.4 Å². The van der Waals surface area contributed by atoms with Crippen molar-refractivity contribution in [1.82, 2.24) is 4.90 Å². The van der Waals surface area contributed by atoms with Crippen molar-refractivity contribution < 1.29 is 28.6 Å². The van der Waals surface area contributed by atoms with Gasteiger partial charge in [-0.1, -0.05) is 13.0 Å². The Morgan fingerprint density at radius 3 is 2.28 bits per heavy atom. The molecule has 1 atom stereocenters. The highest BCUT2D eigenvalue weighted by atomic mass is 16.5. The highest BCUT2D eigenvalue weighted by Gasteiger charge is 2.43. The monoisotopic (exact) mass is 440 g/mol. The van der Waals surface area contributed by atoms with Gasteiger partial charge in [-0.25, -0.2) is 4.90 Å². The average Bonchev–Trinajstić information content (AvgIpc) is 3.12. The summed E-state index contributed by atoms with van der Waals surface area (Å²) in [7, 11) is 4.67. The van der Waals surface area contributed by atoms with Crippen LogP contribution in [0.1, 0.15) is 25.3 Å². The molecule has 3 rings (SSSR count). The van der Waals surface area contributed by atoms with Gasteiger partial charge in [0.05, 0.1) is 33.4 Å². The first-order valence-electron chi connectivity index (χ1n) is 10.4. The van der Waals surface area contributed by atoms with Crippen LogP contribution in [0.3, 0.4) is 0 Å². The molecule has 8 heteroatoms. The summed E-state index contributed by atoms with van der Waals surface area (Å²) >= 11 is 0. The van der Waals surface area contributed by atoms with E-state index >= 15 is 0 Å². The number of benzene rings is 2. The summed E-state index contributed by atoms with van der Waals surface area (Å²) in [6.07, 6.45) is 0.710. The zero-order valence-corrected chi connectivity index (χ0v) is 18.8. The summed E-state index contributed by atoms with van der Waals surface area (Å²) in [5, 5.41) is 0. The quantitative estimate of drug-likeness (QED) is 0.558. The molecule has 1 fully saturated rings. The molecular formula is C24H28N2O6. The predicted molar refractivity (Wildman–Crippen MR) is 119 cm³/mol. The second-order valence-corrected chi connectivity index (χ2v) is 7.37. The van der Waals surface area contributed by atoms with Crippen LogP contribution >= 0.6 is 0 Å². The Labute approximate surface area is 187 Å². The molecule has 1 aliphatic heterocycles. The van der Waals surface area contributed by atoms with E-state index in [-0.39, 0.29) is 24.7 Å². The van der Waals surface area contributed by atoms with Crippen LogP contribution in [0.4, 0.5) is 5.69 Å². The molecule has 8 nitrogen and oxygen atoms in total. The first kappa shape index (κ1) is 23.1.